The minimum Gasteiger partial charge on any atom is -0.307 e. The quantitative estimate of drug-likeness (QED) is 0.794. The summed E-state index contributed by atoms with van der Waals surface area (Å²) >= 11 is 1.38. The van der Waals surface area contributed by atoms with Gasteiger partial charge in [-0.3, -0.25) is 4.98 Å². The molecule has 0 aliphatic heterocycles. The van der Waals surface area contributed by atoms with Crippen LogP contribution < -0.4 is 11.5 Å². The zero-order valence-corrected chi connectivity index (χ0v) is 9.52. The Bertz CT molecular complexity index is 508. The molecule has 4 N–H and O–H groups in total. The number of para-hydroxylation sites is 1. The van der Waals surface area contributed by atoms with Crippen LogP contribution in [0.3, 0.4) is 0 Å². The summed E-state index contributed by atoms with van der Waals surface area (Å²) < 4.78 is 0. The van der Waals surface area contributed by atoms with Gasteiger partial charge in [0.1, 0.15) is 5.50 Å². The number of aromatic nitrogens is 1. The van der Waals surface area contributed by atoms with Gasteiger partial charge in [-0.05, 0) is 29.2 Å². The van der Waals surface area contributed by atoms with Crippen molar-refractivity contribution in [3.8, 4) is 0 Å². The molecule has 0 fully saturated rings. The van der Waals surface area contributed by atoms with Crippen LogP contribution in [0.1, 0.15) is 5.56 Å². The summed E-state index contributed by atoms with van der Waals surface area (Å²) in [5.41, 5.74) is 12.5. The molecule has 1 heterocycles. The van der Waals surface area contributed by atoms with Gasteiger partial charge >= 0.3 is 0 Å². The Balaban J connectivity index is 2.22. The highest BCUT2D eigenvalue weighted by Gasteiger charge is 1.94. The van der Waals surface area contributed by atoms with Crippen molar-refractivity contribution in [2.75, 3.05) is 0 Å². The molecule has 0 radical (unpaired) electrons. The third kappa shape index (κ3) is 2.82. The summed E-state index contributed by atoms with van der Waals surface area (Å²) in [6.45, 7) is 0. The van der Waals surface area contributed by atoms with Gasteiger partial charge in [-0.15, -0.1) is 0 Å². The van der Waals surface area contributed by atoms with E-state index in [9.17, 15) is 0 Å². The maximum atomic E-state index is 5.42. The summed E-state index contributed by atoms with van der Waals surface area (Å²) in [6, 6.07) is 10.1. The van der Waals surface area contributed by atoms with Crippen LogP contribution in [0.5, 0.6) is 0 Å². The molecule has 2 rings (SSSR count). The number of pyridine rings is 1. The second-order valence-corrected chi connectivity index (χ2v) is 4.45. The van der Waals surface area contributed by atoms with E-state index in [1.807, 2.05) is 41.9 Å². The van der Waals surface area contributed by atoms with E-state index in [1.165, 1.54) is 11.8 Å². The first kappa shape index (κ1) is 11.1. The van der Waals surface area contributed by atoms with Gasteiger partial charge in [0, 0.05) is 11.6 Å². The Morgan fingerprint density at radius 2 is 2.06 bits per heavy atom. The van der Waals surface area contributed by atoms with Crippen molar-refractivity contribution in [2.24, 2.45) is 11.5 Å². The molecule has 0 bridgehead atoms. The van der Waals surface area contributed by atoms with Crippen LogP contribution in [0.4, 0.5) is 0 Å². The van der Waals surface area contributed by atoms with Crippen molar-refractivity contribution in [3.63, 3.8) is 0 Å². The first-order valence-electron chi connectivity index (χ1n) is 4.94. The Hall–Kier alpha value is -1.36. The summed E-state index contributed by atoms with van der Waals surface area (Å²) in [7, 11) is 0. The van der Waals surface area contributed by atoms with E-state index in [0.29, 0.717) is 0 Å². The van der Waals surface area contributed by atoms with Crippen LogP contribution in [-0.2, 0) is 0 Å². The fourth-order valence-corrected chi connectivity index (χ4v) is 1.80. The Kier molecular flexibility index (Phi) is 3.56. The molecule has 2 aromatic rings. The monoisotopic (exact) mass is 231 g/mol. The number of hydrogen-bond acceptors (Lipinski definition) is 4. The van der Waals surface area contributed by atoms with Crippen LogP contribution in [0, 0.1) is 0 Å². The van der Waals surface area contributed by atoms with Crippen molar-refractivity contribution in [1.82, 2.24) is 4.98 Å². The second kappa shape index (κ2) is 5.12. The van der Waals surface area contributed by atoms with Crippen LogP contribution in [-0.4, -0.2) is 10.5 Å². The van der Waals surface area contributed by atoms with Gasteiger partial charge in [0.05, 0.1) is 5.52 Å². The molecule has 1 aromatic heterocycles. The predicted octanol–water partition coefficient (Wildman–Crippen LogP) is 2.14. The molecular formula is C12H13N3S. The van der Waals surface area contributed by atoms with E-state index in [-0.39, 0.29) is 5.50 Å². The van der Waals surface area contributed by atoms with Crippen molar-refractivity contribution >= 4 is 28.7 Å². The van der Waals surface area contributed by atoms with Crippen LogP contribution in [0.2, 0.25) is 0 Å². The lowest BCUT2D eigenvalue weighted by molar-refractivity contribution is 0.994. The zero-order valence-electron chi connectivity index (χ0n) is 8.71. The second-order valence-electron chi connectivity index (χ2n) is 3.36. The Morgan fingerprint density at radius 3 is 2.88 bits per heavy atom. The lowest BCUT2D eigenvalue weighted by Gasteiger charge is -1.99. The molecule has 0 amide bonds. The maximum absolute atomic E-state index is 5.42. The molecular weight excluding hydrogens is 218 g/mol. The molecule has 3 nitrogen and oxygen atoms in total. The number of nitrogens with zero attached hydrogens (tertiary/aromatic N) is 1. The number of benzene rings is 1. The summed E-state index contributed by atoms with van der Waals surface area (Å²) in [5.74, 6) is 0. The molecule has 82 valence electrons. The molecule has 0 saturated heterocycles. The molecule has 0 atom stereocenters. The average Bonchev–Trinajstić information content (AvgIpc) is 2.28. The van der Waals surface area contributed by atoms with Gasteiger partial charge < -0.3 is 11.5 Å². The molecule has 16 heavy (non-hydrogen) atoms. The van der Waals surface area contributed by atoms with Crippen molar-refractivity contribution in [3.05, 3.63) is 47.5 Å². The molecule has 0 saturated carbocycles. The third-order valence-corrected chi connectivity index (χ3v) is 2.72. The van der Waals surface area contributed by atoms with Gasteiger partial charge in [0.25, 0.3) is 0 Å². The van der Waals surface area contributed by atoms with E-state index >= 15 is 0 Å². The van der Waals surface area contributed by atoms with Gasteiger partial charge in [-0.2, -0.15) is 0 Å². The normalized spacial score (nSPS) is 11.7. The van der Waals surface area contributed by atoms with E-state index < -0.39 is 0 Å². The molecule has 0 aliphatic carbocycles. The lowest BCUT2D eigenvalue weighted by atomic mass is 10.2. The minimum atomic E-state index is -0.371. The Labute approximate surface area is 98.5 Å². The number of rotatable bonds is 3. The van der Waals surface area contributed by atoms with Gasteiger partial charge in [-0.25, -0.2) is 0 Å². The van der Waals surface area contributed by atoms with Crippen LogP contribution >= 0.6 is 11.8 Å². The smallest absolute Gasteiger partial charge is 0.104 e. The van der Waals surface area contributed by atoms with Gasteiger partial charge in [0.15, 0.2) is 0 Å². The average molecular weight is 231 g/mol. The van der Waals surface area contributed by atoms with E-state index in [4.69, 9.17) is 11.5 Å². The van der Waals surface area contributed by atoms with Crippen molar-refractivity contribution in [1.29, 1.82) is 0 Å². The predicted molar refractivity (Wildman–Crippen MR) is 70.5 cm³/mol. The topological polar surface area (TPSA) is 64.9 Å². The fourth-order valence-electron chi connectivity index (χ4n) is 1.39. The third-order valence-electron chi connectivity index (χ3n) is 2.11. The summed E-state index contributed by atoms with van der Waals surface area (Å²) in [4.78, 5) is 4.36. The highest BCUT2D eigenvalue weighted by molar-refractivity contribution is 8.02. The Morgan fingerprint density at radius 1 is 1.25 bits per heavy atom. The van der Waals surface area contributed by atoms with E-state index in [2.05, 4.69) is 11.1 Å². The maximum Gasteiger partial charge on any atom is 0.104 e. The fraction of sp³-hybridized carbons (Fsp3) is 0.0833. The van der Waals surface area contributed by atoms with Gasteiger partial charge in [0.2, 0.25) is 0 Å². The molecule has 0 unspecified atom stereocenters. The highest BCUT2D eigenvalue weighted by atomic mass is 32.2. The van der Waals surface area contributed by atoms with E-state index in [1.54, 1.807) is 0 Å². The van der Waals surface area contributed by atoms with Crippen molar-refractivity contribution in [2.45, 2.75) is 5.50 Å². The minimum absolute atomic E-state index is 0.371. The molecule has 0 spiro atoms. The number of hydrogen-bond donors (Lipinski definition) is 2. The first-order valence-corrected chi connectivity index (χ1v) is 5.88. The van der Waals surface area contributed by atoms with Crippen molar-refractivity contribution < 1.29 is 0 Å². The summed E-state index contributed by atoms with van der Waals surface area (Å²) in [6.07, 6.45) is 3.79. The van der Waals surface area contributed by atoms with Crippen LogP contribution in [0.15, 0.2) is 41.9 Å². The highest BCUT2D eigenvalue weighted by Crippen LogP contribution is 2.15. The lowest BCUT2D eigenvalue weighted by Crippen LogP contribution is -2.25. The summed E-state index contributed by atoms with van der Waals surface area (Å²) in [5, 5.41) is 3.02. The largest absolute Gasteiger partial charge is 0.307 e. The number of thioether (sulfide) groups is 1. The molecule has 0 aliphatic rings. The SMILES string of the molecule is NC(N)S/C=C/c1cnc2ccccc2c1. The molecule has 1 aromatic carbocycles. The van der Waals surface area contributed by atoms with E-state index in [0.717, 1.165) is 16.5 Å². The first-order chi connectivity index (χ1) is 7.75. The number of nitrogens with two attached hydrogens (primary N) is 2. The van der Waals surface area contributed by atoms with Crippen LogP contribution in [0.25, 0.3) is 17.0 Å². The zero-order chi connectivity index (χ0) is 11.4. The van der Waals surface area contributed by atoms with Gasteiger partial charge in [-0.1, -0.05) is 30.0 Å². The molecule has 4 heteroatoms. The number of fused-ring (bicyclic) bond motifs is 1. The standard InChI is InChI=1S/C12H13N3S/c13-12(14)16-6-5-9-7-10-3-1-2-4-11(10)15-8-9/h1-8,12H,13-14H2/b6-5+.